The number of benzene rings is 2. The van der Waals surface area contributed by atoms with Crippen LogP contribution in [-0.4, -0.2) is 15.9 Å². The minimum Gasteiger partial charge on any atom is -0.324 e. The first-order chi connectivity index (χ1) is 12.5. The van der Waals surface area contributed by atoms with Gasteiger partial charge in [-0.1, -0.05) is 43.7 Å². The standard InChI is InChI=1S/C21H22N4O/c1-14(2)16-6-10-17(11-7-16)23-20(26)19-12-13-22-21(25-19)24-18-8-4-15(3)5-9-18/h4-14H,1-3H3,(H,23,26)(H,22,24,25). The average molecular weight is 346 g/mol. The van der Waals surface area contributed by atoms with E-state index in [1.807, 2.05) is 55.5 Å². The highest BCUT2D eigenvalue weighted by Gasteiger charge is 2.10. The van der Waals surface area contributed by atoms with Crippen molar-refractivity contribution in [1.29, 1.82) is 0 Å². The molecule has 0 fully saturated rings. The normalized spacial score (nSPS) is 10.6. The van der Waals surface area contributed by atoms with Crippen molar-refractivity contribution >= 4 is 23.2 Å². The molecular weight excluding hydrogens is 324 g/mol. The lowest BCUT2D eigenvalue weighted by atomic mass is 10.0. The van der Waals surface area contributed by atoms with Crippen LogP contribution in [0.3, 0.4) is 0 Å². The van der Waals surface area contributed by atoms with Crippen molar-refractivity contribution in [2.45, 2.75) is 26.7 Å². The van der Waals surface area contributed by atoms with E-state index < -0.39 is 0 Å². The molecular formula is C21H22N4O. The molecule has 1 amide bonds. The van der Waals surface area contributed by atoms with Crippen molar-refractivity contribution in [2.24, 2.45) is 0 Å². The molecule has 132 valence electrons. The first-order valence-corrected chi connectivity index (χ1v) is 8.59. The van der Waals surface area contributed by atoms with Crippen LogP contribution < -0.4 is 10.6 Å². The number of aromatic nitrogens is 2. The summed E-state index contributed by atoms with van der Waals surface area (Å²) in [5, 5.41) is 5.97. The molecule has 3 aromatic rings. The van der Waals surface area contributed by atoms with Crippen molar-refractivity contribution in [3.05, 3.63) is 77.6 Å². The summed E-state index contributed by atoms with van der Waals surface area (Å²) < 4.78 is 0. The zero-order valence-corrected chi connectivity index (χ0v) is 15.2. The molecule has 0 unspecified atom stereocenters. The molecule has 0 aliphatic rings. The van der Waals surface area contributed by atoms with Crippen LogP contribution in [0.25, 0.3) is 0 Å². The smallest absolute Gasteiger partial charge is 0.274 e. The minimum absolute atomic E-state index is 0.267. The van der Waals surface area contributed by atoms with Gasteiger partial charge in [-0.3, -0.25) is 4.79 Å². The second-order valence-corrected chi connectivity index (χ2v) is 6.49. The van der Waals surface area contributed by atoms with Gasteiger partial charge in [0, 0.05) is 17.6 Å². The van der Waals surface area contributed by atoms with Gasteiger partial charge in [-0.25, -0.2) is 9.97 Å². The van der Waals surface area contributed by atoms with E-state index in [4.69, 9.17) is 0 Å². The maximum Gasteiger partial charge on any atom is 0.274 e. The number of carbonyl (C=O) groups excluding carboxylic acids is 1. The van der Waals surface area contributed by atoms with Gasteiger partial charge < -0.3 is 10.6 Å². The zero-order valence-electron chi connectivity index (χ0n) is 15.2. The van der Waals surface area contributed by atoms with Gasteiger partial charge in [0.15, 0.2) is 0 Å². The van der Waals surface area contributed by atoms with E-state index in [0.29, 0.717) is 17.6 Å². The Kier molecular flexibility index (Phi) is 5.27. The zero-order chi connectivity index (χ0) is 18.5. The number of aryl methyl sites for hydroxylation is 1. The predicted molar refractivity (Wildman–Crippen MR) is 105 cm³/mol. The van der Waals surface area contributed by atoms with E-state index >= 15 is 0 Å². The molecule has 1 heterocycles. The number of carbonyl (C=O) groups is 1. The number of amides is 1. The molecule has 0 radical (unpaired) electrons. The van der Waals surface area contributed by atoms with Gasteiger partial charge in [-0.05, 0) is 48.7 Å². The van der Waals surface area contributed by atoms with Gasteiger partial charge in [0.05, 0.1) is 0 Å². The Morgan fingerprint density at radius 2 is 1.58 bits per heavy atom. The lowest BCUT2D eigenvalue weighted by Crippen LogP contribution is -2.14. The summed E-state index contributed by atoms with van der Waals surface area (Å²) in [6.45, 7) is 6.30. The number of nitrogens with zero attached hydrogens (tertiary/aromatic N) is 2. The van der Waals surface area contributed by atoms with Crippen LogP contribution in [0.5, 0.6) is 0 Å². The van der Waals surface area contributed by atoms with Crippen molar-refractivity contribution in [3.63, 3.8) is 0 Å². The third kappa shape index (κ3) is 4.45. The highest BCUT2D eigenvalue weighted by molar-refractivity contribution is 6.03. The fourth-order valence-electron chi connectivity index (χ4n) is 2.46. The Morgan fingerprint density at radius 1 is 0.923 bits per heavy atom. The van der Waals surface area contributed by atoms with Gasteiger partial charge in [0.25, 0.3) is 5.91 Å². The first kappa shape index (κ1) is 17.6. The van der Waals surface area contributed by atoms with Crippen LogP contribution in [0, 0.1) is 6.92 Å². The Balaban J connectivity index is 1.70. The van der Waals surface area contributed by atoms with Gasteiger partial charge in [-0.2, -0.15) is 0 Å². The number of anilines is 3. The number of nitrogens with one attached hydrogen (secondary N) is 2. The van der Waals surface area contributed by atoms with Crippen molar-refractivity contribution in [1.82, 2.24) is 9.97 Å². The molecule has 5 nitrogen and oxygen atoms in total. The van der Waals surface area contributed by atoms with E-state index in [9.17, 15) is 4.79 Å². The predicted octanol–water partition coefficient (Wildman–Crippen LogP) is 4.90. The molecule has 1 aromatic heterocycles. The fraction of sp³-hybridized carbons (Fsp3) is 0.190. The maximum absolute atomic E-state index is 12.5. The number of hydrogen-bond donors (Lipinski definition) is 2. The largest absolute Gasteiger partial charge is 0.324 e. The molecule has 0 aliphatic carbocycles. The Bertz CT molecular complexity index is 887. The van der Waals surface area contributed by atoms with Crippen molar-refractivity contribution in [3.8, 4) is 0 Å². The van der Waals surface area contributed by atoms with Gasteiger partial charge >= 0.3 is 0 Å². The topological polar surface area (TPSA) is 66.9 Å². The Morgan fingerprint density at radius 3 is 2.23 bits per heavy atom. The number of hydrogen-bond acceptors (Lipinski definition) is 4. The van der Waals surface area contributed by atoms with Crippen LogP contribution in [0.2, 0.25) is 0 Å². The second kappa shape index (κ2) is 7.78. The monoisotopic (exact) mass is 346 g/mol. The van der Waals surface area contributed by atoms with Crippen LogP contribution in [0.4, 0.5) is 17.3 Å². The SMILES string of the molecule is Cc1ccc(Nc2nccc(C(=O)Nc3ccc(C(C)C)cc3)n2)cc1. The summed E-state index contributed by atoms with van der Waals surface area (Å²) in [6.07, 6.45) is 1.57. The lowest BCUT2D eigenvalue weighted by Gasteiger charge is -2.09. The molecule has 2 N–H and O–H groups in total. The molecule has 0 spiro atoms. The molecule has 0 saturated carbocycles. The number of rotatable bonds is 5. The minimum atomic E-state index is -0.267. The molecule has 0 saturated heterocycles. The van der Waals surface area contributed by atoms with Gasteiger partial charge in [-0.15, -0.1) is 0 Å². The van der Waals surface area contributed by atoms with Crippen LogP contribution in [0.1, 0.15) is 41.4 Å². The fourth-order valence-corrected chi connectivity index (χ4v) is 2.46. The van der Waals surface area contributed by atoms with Gasteiger partial charge in [0.2, 0.25) is 5.95 Å². The van der Waals surface area contributed by atoms with Crippen molar-refractivity contribution in [2.75, 3.05) is 10.6 Å². The molecule has 0 aliphatic heterocycles. The quantitative estimate of drug-likeness (QED) is 0.689. The highest BCUT2D eigenvalue weighted by Crippen LogP contribution is 2.18. The molecule has 5 heteroatoms. The van der Waals surface area contributed by atoms with E-state index in [2.05, 4.69) is 34.4 Å². The second-order valence-electron chi connectivity index (χ2n) is 6.49. The molecule has 3 rings (SSSR count). The van der Waals surface area contributed by atoms with Gasteiger partial charge in [0.1, 0.15) is 5.69 Å². The Labute approximate surface area is 153 Å². The lowest BCUT2D eigenvalue weighted by molar-refractivity contribution is 0.102. The first-order valence-electron chi connectivity index (χ1n) is 8.59. The summed E-state index contributed by atoms with van der Waals surface area (Å²) in [4.78, 5) is 20.9. The summed E-state index contributed by atoms with van der Waals surface area (Å²) in [5.74, 6) is 0.574. The summed E-state index contributed by atoms with van der Waals surface area (Å²) in [5.41, 5.74) is 4.33. The van der Waals surface area contributed by atoms with Crippen molar-refractivity contribution < 1.29 is 4.79 Å². The van der Waals surface area contributed by atoms with Crippen LogP contribution >= 0.6 is 0 Å². The molecule has 0 atom stereocenters. The van der Waals surface area contributed by atoms with E-state index in [0.717, 1.165) is 11.4 Å². The van der Waals surface area contributed by atoms with E-state index in [1.165, 1.54) is 11.1 Å². The highest BCUT2D eigenvalue weighted by atomic mass is 16.1. The van der Waals surface area contributed by atoms with E-state index in [-0.39, 0.29) is 5.91 Å². The molecule has 26 heavy (non-hydrogen) atoms. The van der Waals surface area contributed by atoms with E-state index in [1.54, 1.807) is 12.3 Å². The average Bonchev–Trinajstić information content (AvgIpc) is 2.64. The third-order valence-electron chi connectivity index (χ3n) is 4.03. The summed E-state index contributed by atoms with van der Waals surface area (Å²) in [7, 11) is 0. The summed E-state index contributed by atoms with van der Waals surface area (Å²) in [6, 6.07) is 17.3. The van der Waals surface area contributed by atoms with Crippen LogP contribution in [-0.2, 0) is 0 Å². The summed E-state index contributed by atoms with van der Waals surface area (Å²) >= 11 is 0. The maximum atomic E-state index is 12.5. The third-order valence-corrected chi connectivity index (χ3v) is 4.03. The molecule has 2 aromatic carbocycles. The molecule has 0 bridgehead atoms. The Hall–Kier alpha value is -3.21. The van der Waals surface area contributed by atoms with Crippen LogP contribution in [0.15, 0.2) is 60.8 Å².